The quantitative estimate of drug-likeness (QED) is 0.562. The third-order valence-electron chi connectivity index (χ3n) is 2.27. The van der Waals surface area contributed by atoms with E-state index in [1.54, 1.807) is 0 Å². The molecule has 0 radical (unpaired) electrons. The van der Waals surface area contributed by atoms with Crippen LogP contribution in [0.3, 0.4) is 0 Å². The number of alkyl halides is 1. The fourth-order valence-corrected chi connectivity index (χ4v) is 1.92. The molecule has 0 saturated carbocycles. The lowest BCUT2D eigenvalue weighted by molar-refractivity contribution is 0.290. The maximum atomic E-state index is 5.42. The molecule has 0 aliphatic carbocycles. The zero-order chi connectivity index (χ0) is 11.1. The average molecular weight is 276 g/mol. The van der Waals surface area contributed by atoms with E-state index in [0.717, 1.165) is 24.2 Å². The summed E-state index contributed by atoms with van der Waals surface area (Å²) < 4.78 is 10.6. The Morgan fingerprint density at radius 3 is 2.73 bits per heavy atom. The molecule has 0 saturated heterocycles. The van der Waals surface area contributed by atoms with Crippen molar-refractivity contribution in [3.8, 4) is 5.88 Å². The van der Waals surface area contributed by atoms with Crippen molar-refractivity contribution in [3.05, 3.63) is 11.3 Å². The highest BCUT2D eigenvalue weighted by atomic mass is 79.9. The van der Waals surface area contributed by atoms with E-state index in [0.29, 0.717) is 17.8 Å². The zero-order valence-corrected chi connectivity index (χ0v) is 11.0. The average Bonchev–Trinajstić information content (AvgIpc) is 2.62. The molecule has 0 atom stereocenters. The van der Waals surface area contributed by atoms with Crippen LogP contribution in [0.25, 0.3) is 0 Å². The maximum absolute atomic E-state index is 5.42. The summed E-state index contributed by atoms with van der Waals surface area (Å²) in [5.74, 6) is 1.57. The topological polar surface area (TPSA) is 35.3 Å². The van der Waals surface area contributed by atoms with Crippen molar-refractivity contribution in [2.45, 2.75) is 44.9 Å². The minimum atomic E-state index is 0.634. The summed E-state index contributed by atoms with van der Waals surface area (Å²) in [6, 6.07) is 0. The number of nitrogens with zero attached hydrogens (tertiary/aromatic N) is 1. The molecule has 0 amide bonds. The van der Waals surface area contributed by atoms with Crippen LogP contribution in [-0.4, -0.2) is 11.8 Å². The number of hydrogen-bond donors (Lipinski definition) is 0. The molecule has 0 aromatic carbocycles. The van der Waals surface area contributed by atoms with Crippen LogP contribution in [0.15, 0.2) is 4.52 Å². The van der Waals surface area contributed by atoms with Crippen molar-refractivity contribution < 1.29 is 9.26 Å². The number of aromatic nitrogens is 1. The van der Waals surface area contributed by atoms with Crippen molar-refractivity contribution in [3.63, 3.8) is 0 Å². The summed E-state index contributed by atoms with van der Waals surface area (Å²) in [6.07, 6.45) is 4.61. The maximum Gasteiger partial charge on any atom is 0.257 e. The van der Waals surface area contributed by atoms with Crippen LogP contribution < -0.4 is 4.74 Å². The lowest BCUT2D eigenvalue weighted by Gasteiger charge is -2.02. The van der Waals surface area contributed by atoms with Gasteiger partial charge < -0.3 is 9.26 Å². The van der Waals surface area contributed by atoms with E-state index in [4.69, 9.17) is 9.26 Å². The molecule has 3 nitrogen and oxygen atoms in total. The Morgan fingerprint density at radius 1 is 1.33 bits per heavy atom. The molecule has 0 aliphatic rings. The van der Waals surface area contributed by atoms with Crippen molar-refractivity contribution in [1.29, 1.82) is 0 Å². The molecular weight excluding hydrogens is 258 g/mol. The molecule has 4 heteroatoms. The molecular formula is C11H18BrNO2. The molecule has 0 bridgehead atoms. The van der Waals surface area contributed by atoms with Crippen LogP contribution in [-0.2, 0) is 11.8 Å². The van der Waals surface area contributed by atoms with Crippen molar-refractivity contribution in [2.24, 2.45) is 0 Å². The van der Waals surface area contributed by atoms with E-state index < -0.39 is 0 Å². The summed E-state index contributed by atoms with van der Waals surface area (Å²) >= 11 is 3.39. The summed E-state index contributed by atoms with van der Waals surface area (Å²) in [7, 11) is 0. The van der Waals surface area contributed by atoms with Gasteiger partial charge >= 0.3 is 0 Å². The first-order chi connectivity index (χ1) is 7.33. The number of unbranched alkanes of at least 4 members (excludes halogenated alkanes) is 2. The Labute approximate surface area is 99.3 Å². The SMILES string of the molecule is CCCCCc1c(OCC)noc1CBr. The number of ether oxygens (including phenoxy) is 1. The third kappa shape index (κ3) is 3.52. The second-order valence-corrected chi connectivity index (χ2v) is 3.97. The monoisotopic (exact) mass is 275 g/mol. The minimum Gasteiger partial charge on any atom is -0.476 e. The van der Waals surface area contributed by atoms with Gasteiger partial charge in [-0.25, -0.2) is 0 Å². The molecule has 1 aromatic heterocycles. The normalized spacial score (nSPS) is 10.6. The highest BCUT2D eigenvalue weighted by Gasteiger charge is 2.15. The second-order valence-electron chi connectivity index (χ2n) is 3.41. The van der Waals surface area contributed by atoms with Gasteiger partial charge in [-0.15, -0.1) is 0 Å². The van der Waals surface area contributed by atoms with Gasteiger partial charge in [0.25, 0.3) is 5.88 Å². The fraction of sp³-hybridized carbons (Fsp3) is 0.727. The van der Waals surface area contributed by atoms with E-state index >= 15 is 0 Å². The van der Waals surface area contributed by atoms with Crippen LogP contribution >= 0.6 is 15.9 Å². The number of halogens is 1. The van der Waals surface area contributed by atoms with Gasteiger partial charge in [-0.3, -0.25) is 0 Å². The first kappa shape index (κ1) is 12.6. The largest absolute Gasteiger partial charge is 0.476 e. The molecule has 86 valence electrons. The molecule has 1 aromatic rings. The van der Waals surface area contributed by atoms with Crippen LogP contribution in [0, 0.1) is 0 Å². The molecule has 0 aliphatic heterocycles. The lowest BCUT2D eigenvalue weighted by Crippen LogP contribution is -1.97. The van der Waals surface area contributed by atoms with Crippen LogP contribution in [0.2, 0.25) is 0 Å². The number of hydrogen-bond acceptors (Lipinski definition) is 3. The first-order valence-electron chi connectivity index (χ1n) is 5.49. The highest BCUT2D eigenvalue weighted by Crippen LogP contribution is 2.25. The van der Waals surface area contributed by atoms with Crippen LogP contribution in [0.1, 0.15) is 44.4 Å². The van der Waals surface area contributed by atoms with E-state index in [2.05, 4.69) is 28.0 Å². The van der Waals surface area contributed by atoms with E-state index in [1.165, 1.54) is 12.8 Å². The van der Waals surface area contributed by atoms with Gasteiger partial charge in [0.15, 0.2) is 5.76 Å². The molecule has 15 heavy (non-hydrogen) atoms. The Bertz CT molecular complexity index is 286. The molecule has 0 spiro atoms. The van der Waals surface area contributed by atoms with Gasteiger partial charge in [0.2, 0.25) is 0 Å². The van der Waals surface area contributed by atoms with Gasteiger partial charge in [0.05, 0.1) is 17.5 Å². The standard InChI is InChI=1S/C11H18BrNO2/c1-3-5-6-7-9-10(8-12)15-13-11(9)14-4-2/h3-8H2,1-2H3. The minimum absolute atomic E-state index is 0.634. The molecule has 0 unspecified atom stereocenters. The lowest BCUT2D eigenvalue weighted by atomic mass is 10.1. The number of rotatable bonds is 7. The smallest absolute Gasteiger partial charge is 0.257 e. The van der Waals surface area contributed by atoms with E-state index in [1.807, 2.05) is 6.92 Å². The van der Waals surface area contributed by atoms with Gasteiger partial charge in [-0.1, -0.05) is 35.7 Å². The van der Waals surface area contributed by atoms with Crippen molar-refractivity contribution in [1.82, 2.24) is 5.16 Å². The van der Waals surface area contributed by atoms with Gasteiger partial charge in [0.1, 0.15) is 0 Å². The summed E-state index contributed by atoms with van der Waals surface area (Å²) in [4.78, 5) is 0. The third-order valence-corrected chi connectivity index (χ3v) is 2.78. The molecule has 0 N–H and O–H groups in total. The van der Waals surface area contributed by atoms with Crippen molar-refractivity contribution >= 4 is 15.9 Å². The van der Waals surface area contributed by atoms with Gasteiger partial charge in [-0.05, 0) is 24.9 Å². The predicted octanol–water partition coefficient (Wildman–Crippen LogP) is 3.70. The Kier molecular flexibility index (Phi) is 5.76. The Balaban J connectivity index is 2.66. The second kappa shape index (κ2) is 6.88. The molecule has 1 rings (SSSR count). The van der Waals surface area contributed by atoms with E-state index in [9.17, 15) is 0 Å². The van der Waals surface area contributed by atoms with Gasteiger partial charge in [-0.2, -0.15) is 0 Å². The first-order valence-corrected chi connectivity index (χ1v) is 6.61. The summed E-state index contributed by atoms with van der Waals surface area (Å²) in [5.41, 5.74) is 1.13. The predicted molar refractivity (Wildman–Crippen MR) is 63.5 cm³/mol. The Hall–Kier alpha value is -0.510. The van der Waals surface area contributed by atoms with Gasteiger partial charge in [0, 0.05) is 0 Å². The summed E-state index contributed by atoms with van der Waals surface area (Å²) in [5, 5.41) is 4.63. The molecule has 0 fully saturated rings. The Morgan fingerprint density at radius 2 is 2.13 bits per heavy atom. The summed E-state index contributed by atoms with van der Waals surface area (Å²) in [6.45, 7) is 4.79. The van der Waals surface area contributed by atoms with Crippen molar-refractivity contribution in [2.75, 3.05) is 6.61 Å². The molecule has 1 heterocycles. The van der Waals surface area contributed by atoms with Crippen LogP contribution in [0.4, 0.5) is 0 Å². The fourth-order valence-electron chi connectivity index (χ4n) is 1.48. The van der Waals surface area contributed by atoms with E-state index in [-0.39, 0.29) is 0 Å². The van der Waals surface area contributed by atoms with Crippen LogP contribution in [0.5, 0.6) is 5.88 Å². The zero-order valence-electron chi connectivity index (χ0n) is 9.38. The highest BCUT2D eigenvalue weighted by molar-refractivity contribution is 9.08.